The van der Waals surface area contributed by atoms with E-state index < -0.39 is 0 Å². The molecule has 4 nitrogen and oxygen atoms in total. The average Bonchev–Trinajstić information content (AvgIpc) is 2.59. The first-order chi connectivity index (χ1) is 11.3. The maximum atomic E-state index is 5.55. The summed E-state index contributed by atoms with van der Waals surface area (Å²) in [7, 11) is 3.55. The van der Waals surface area contributed by atoms with E-state index in [4.69, 9.17) is 9.47 Å². The van der Waals surface area contributed by atoms with Crippen molar-refractivity contribution in [3.8, 4) is 0 Å². The number of hydrogen-bond acceptors (Lipinski definition) is 4. The zero-order valence-electron chi connectivity index (χ0n) is 15.8. The third-order valence-electron chi connectivity index (χ3n) is 5.04. The molecule has 0 spiro atoms. The molecule has 0 aromatic carbocycles. The van der Waals surface area contributed by atoms with Gasteiger partial charge in [-0.1, -0.05) is 45.4 Å². The van der Waals surface area contributed by atoms with Gasteiger partial charge in [0.2, 0.25) is 0 Å². The van der Waals surface area contributed by atoms with Gasteiger partial charge in [0.25, 0.3) is 0 Å². The number of nitrogens with one attached hydrogen (secondary N) is 1. The Morgan fingerprint density at radius 2 is 1.48 bits per heavy atom. The lowest BCUT2D eigenvalue weighted by molar-refractivity contribution is -0.141. The number of methoxy groups -OCH3 is 2. The summed E-state index contributed by atoms with van der Waals surface area (Å²) in [5.74, 6) is 0.541. The highest BCUT2D eigenvalue weighted by Crippen LogP contribution is 2.23. The molecule has 0 saturated carbocycles. The van der Waals surface area contributed by atoms with E-state index in [1.54, 1.807) is 14.2 Å². The van der Waals surface area contributed by atoms with Crippen molar-refractivity contribution >= 4 is 0 Å². The van der Waals surface area contributed by atoms with E-state index in [2.05, 4.69) is 17.1 Å². The van der Waals surface area contributed by atoms with Crippen LogP contribution in [0.15, 0.2) is 0 Å². The summed E-state index contributed by atoms with van der Waals surface area (Å²) in [6, 6.07) is 0. The first-order valence-electron chi connectivity index (χ1n) is 9.80. The topological polar surface area (TPSA) is 33.7 Å². The van der Waals surface area contributed by atoms with Gasteiger partial charge in [0.05, 0.1) is 0 Å². The van der Waals surface area contributed by atoms with Crippen molar-refractivity contribution in [1.82, 2.24) is 10.2 Å². The molecule has 0 amide bonds. The van der Waals surface area contributed by atoms with Gasteiger partial charge < -0.3 is 19.7 Å². The fraction of sp³-hybridized carbons (Fsp3) is 1.00. The summed E-state index contributed by atoms with van der Waals surface area (Å²) in [5, 5.41) is 3.42. The molecule has 1 atom stereocenters. The zero-order valence-corrected chi connectivity index (χ0v) is 15.8. The third kappa shape index (κ3) is 9.65. The molecule has 1 aliphatic rings. The molecular formula is C19H40N2O2. The average molecular weight is 329 g/mol. The lowest BCUT2D eigenvalue weighted by Crippen LogP contribution is -2.43. The molecule has 0 aliphatic carbocycles. The first-order valence-corrected chi connectivity index (χ1v) is 9.80. The number of hydrogen-bond donors (Lipinski definition) is 1. The smallest absolute Gasteiger partial charge is 0.159 e. The van der Waals surface area contributed by atoms with Crippen molar-refractivity contribution in [2.45, 2.75) is 71.0 Å². The normalized spacial score (nSPS) is 17.7. The summed E-state index contributed by atoms with van der Waals surface area (Å²) < 4.78 is 11.1. The summed E-state index contributed by atoms with van der Waals surface area (Å²) in [6.45, 7) is 8.16. The molecule has 138 valence electrons. The summed E-state index contributed by atoms with van der Waals surface area (Å²) in [6.07, 6.45) is 11.8. The fourth-order valence-electron chi connectivity index (χ4n) is 3.60. The van der Waals surface area contributed by atoms with Crippen LogP contribution in [0, 0.1) is 5.92 Å². The van der Waals surface area contributed by atoms with E-state index in [0.29, 0.717) is 5.92 Å². The van der Waals surface area contributed by atoms with Crippen molar-refractivity contribution in [3.05, 3.63) is 0 Å². The molecule has 4 heteroatoms. The first kappa shape index (κ1) is 20.9. The number of piperazine rings is 1. The van der Waals surface area contributed by atoms with E-state index in [1.165, 1.54) is 77.4 Å². The molecule has 0 bridgehead atoms. The standard InChI is InChI=1S/C19H40N2O2/c1-4-5-6-7-8-9-11-18(19(22-2)23-3)12-10-15-21-16-13-20-14-17-21/h18-20H,4-17H2,1-3H3. The highest BCUT2D eigenvalue weighted by molar-refractivity contribution is 4.70. The fourth-order valence-corrected chi connectivity index (χ4v) is 3.60. The molecule has 1 heterocycles. The van der Waals surface area contributed by atoms with Gasteiger partial charge in [0.1, 0.15) is 0 Å². The van der Waals surface area contributed by atoms with E-state index in [1.807, 2.05) is 0 Å². The quantitative estimate of drug-likeness (QED) is 0.390. The SMILES string of the molecule is CCCCCCCCC(CCCN1CCNCC1)C(OC)OC. The molecule has 1 saturated heterocycles. The van der Waals surface area contributed by atoms with Crippen LogP contribution in [0.25, 0.3) is 0 Å². The Balaban J connectivity index is 2.21. The lowest BCUT2D eigenvalue weighted by atomic mass is 9.94. The van der Waals surface area contributed by atoms with E-state index in [9.17, 15) is 0 Å². The van der Waals surface area contributed by atoms with Gasteiger partial charge in [-0.2, -0.15) is 0 Å². The Labute approximate surface area is 144 Å². The van der Waals surface area contributed by atoms with Gasteiger partial charge in [0, 0.05) is 46.3 Å². The van der Waals surface area contributed by atoms with Gasteiger partial charge in [0.15, 0.2) is 6.29 Å². The molecular weight excluding hydrogens is 288 g/mol. The Morgan fingerprint density at radius 1 is 0.870 bits per heavy atom. The van der Waals surface area contributed by atoms with Crippen LogP contribution in [0.5, 0.6) is 0 Å². The monoisotopic (exact) mass is 328 g/mol. The molecule has 23 heavy (non-hydrogen) atoms. The summed E-state index contributed by atoms with van der Waals surface area (Å²) in [4.78, 5) is 2.58. The van der Waals surface area contributed by atoms with Crippen LogP contribution in [0.2, 0.25) is 0 Å². The van der Waals surface area contributed by atoms with Gasteiger partial charge in [-0.15, -0.1) is 0 Å². The van der Waals surface area contributed by atoms with Gasteiger partial charge in [-0.25, -0.2) is 0 Å². The molecule has 1 fully saturated rings. The van der Waals surface area contributed by atoms with Crippen LogP contribution in [-0.2, 0) is 9.47 Å². The Kier molecular flexibility index (Phi) is 12.9. The highest BCUT2D eigenvalue weighted by atomic mass is 16.7. The van der Waals surface area contributed by atoms with Crippen molar-refractivity contribution in [1.29, 1.82) is 0 Å². The second kappa shape index (κ2) is 14.2. The maximum Gasteiger partial charge on any atom is 0.159 e. The zero-order chi connectivity index (χ0) is 16.8. The second-order valence-corrected chi connectivity index (χ2v) is 6.89. The van der Waals surface area contributed by atoms with Gasteiger partial charge in [-0.05, 0) is 25.8 Å². The molecule has 0 aromatic rings. The number of rotatable bonds is 14. The van der Waals surface area contributed by atoms with Gasteiger partial charge in [-0.3, -0.25) is 0 Å². The number of nitrogens with zero attached hydrogens (tertiary/aromatic N) is 1. The van der Waals surface area contributed by atoms with Crippen LogP contribution in [0.1, 0.15) is 64.7 Å². The van der Waals surface area contributed by atoms with Crippen molar-refractivity contribution in [3.63, 3.8) is 0 Å². The Bertz CT molecular complexity index is 254. The van der Waals surface area contributed by atoms with Gasteiger partial charge >= 0.3 is 0 Å². The number of ether oxygens (including phenoxy) is 2. The van der Waals surface area contributed by atoms with Crippen LogP contribution >= 0.6 is 0 Å². The second-order valence-electron chi connectivity index (χ2n) is 6.89. The largest absolute Gasteiger partial charge is 0.356 e. The predicted molar refractivity (Wildman–Crippen MR) is 97.8 cm³/mol. The minimum atomic E-state index is -0.0336. The minimum Gasteiger partial charge on any atom is -0.356 e. The third-order valence-corrected chi connectivity index (χ3v) is 5.04. The molecule has 1 aliphatic heterocycles. The van der Waals surface area contributed by atoms with Crippen molar-refractivity contribution in [2.24, 2.45) is 5.92 Å². The van der Waals surface area contributed by atoms with Crippen LogP contribution in [0.4, 0.5) is 0 Å². The summed E-state index contributed by atoms with van der Waals surface area (Å²) in [5.41, 5.74) is 0. The minimum absolute atomic E-state index is 0.0336. The van der Waals surface area contributed by atoms with Crippen molar-refractivity contribution in [2.75, 3.05) is 46.9 Å². The van der Waals surface area contributed by atoms with E-state index >= 15 is 0 Å². The number of unbranched alkanes of at least 4 members (excludes halogenated alkanes) is 5. The molecule has 1 unspecified atom stereocenters. The van der Waals surface area contributed by atoms with E-state index in [0.717, 1.165) is 13.1 Å². The Hall–Kier alpha value is -0.160. The van der Waals surface area contributed by atoms with Crippen molar-refractivity contribution < 1.29 is 9.47 Å². The molecule has 0 aromatic heterocycles. The molecule has 1 N–H and O–H groups in total. The maximum absolute atomic E-state index is 5.55. The Morgan fingerprint density at radius 3 is 2.13 bits per heavy atom. The molecule has 0 radical (unpaired) electrons. The van der Waals surface area contributed by atoms with Crippen LogP contribution in [-0.4, -0.2) is 58.1 Å². The lowest BCUT2D eigenvalue weighted by Gasteiger charge is -2.29. The van der Waals surface area contributed by atoms with E-state index in [-0.39, 0.29) is 6.29 Å². The highest BCUT2D eigenvalue weighted by Gasteiger charge is 2.21. The summed E-state index contributed by atoms with van der Waals surface area (Å²) >= 11 is 0. The van der Waals surface area contributed by atoms with Crippen LogP contribution in [0.3, 0.4) is 0 Å². The predicted octanol–water partition coefficient (Wildman–Crippen LogP) is 3.66. The van der Waals surface area contributed by atoms with Crippen LogP contribution < -0.4 is 5.32 Å². The molecule has 1 rings (SSSR count).